The number of carboxylic acid groups (broad SMARTS) is 2. The molecule has 0 spiro atoms. The van der Waals surface area contributed by atoms with Gasteiger partial charge in [0.2, 0.25) is 17.7 Å². The second kappa shape index (κ2) is 45.7. The molecule has 25 unspecified atom stereocenters. The number of aliphatic hydroxyl groups is 16. The molecule has 0 bridgehead atoms. The highest BCUT2D eigenvalue weighted by Gasteiger charge is 2.57. The molecule has 0 aliphatic carbocycles. The molecule has 588 valence electrons. The van der Waals surface area contributed by atoms with Gasteiger partial charge in [0, 0.05) is 39.5 Å². The Kier molecular flexibility index (Phi) is 39.8. The van der Waals surface area contributed by atoms with Gasteiger partial charge in [-0.25, -0.2) is 9.59 Å². The number of hydrogen-bond acceptors (Lipinski definition) is 32. The molecule has 21 N–H and O–H groups in total. The Balaban J connectivity index is 0.926. The summed E-state index contributed by atoms with van der Waals surface area (Å²) in [6.45, 7) is 1.11. The molecule has 0 aromatic carbocycles. The van der Waals surface area contributed by atoms with Crippen LogP contribution >= 0.6 is 0 Å². The van der Waals surface area contributed by atoms with Gasteiger partial charge < -0.3 is 160 Å². The van der Waals surface area contributed by atoms with Crippen LogP contribution in [0.4, 0.5) is 0 Å². The van der Waals surface area contributed by atoms with E-state index in [9.17, 15) is 116 Å². The second-order valence-electron chi connectivity index (χ2n) is 26.4. The SMILES string of the molecule is CCCCCCCCCCCCCC[C@@H](O)[C@@H](O)[C@H](COC1OC(COCCCCCCNC(=O)CCCCC(=O)NCCOC2OC(CO)C(OC3OC(C(=O)O)C(O)C(OC4OC(CO)C(OC5OC(C(=O)O)C(O)C(O)C5O)C(O)C4O)C3O)C(O)C2O)C(O)C(O)C1O)NC(C)=O. The molecule has 5 saturated heterocycles. The molecule has 0 aromatic heterocycles. The number of unbranched alkanes of at least 4 members (excludes halogenated alkanes) is 15. The van der Waals surface area contributed by atoms with Crippen molar-refractivity contribution >= 4 is 29.7 Å². The predicted molar refractivity (Wildman–Crippen MR) is 340 cm³/mol. The first-order valence-electron chi connectivity index (χ1n) is 35.2. The van der Waals surface area contributed by atoms with Crippen LogP contribution in [0.25, 0.3) is 0 Å². The number of nitrogens with one attached hydrogen (secondary N) is 3. The molecule has 37 nitrogen and oxygen atoms in total. The fourth-order valence-corrected chi connectivity index (χ4v) is 12.4. The van der Waals surface area contributed by atoms with Gasteiger partial charge in [0.1, 0.15) is 116 Å². The molecule has 0 saturated carbocycles. The van der Waals surface area contributed by atoms with E-state index in [-0.39, 0.29) is 51.7 Å². The number of carbonyl (C=O) groups excluding carboxylic acids is 3. The largest absolute Gasteiger partial charge is 0.479 e. The Morgan fingerprint density at radius 1 is 0.426 bits per heavy atom. The lowest BCUT2D eigenvalue weighted by atomic mass is 9.95. The summed E-state index contributed by atoms with van der Waals surface area (Å²) in [6.07, 6.45) is -33.7. The van der Waals surface area contributed by atoms with Crippen LogP contribution in [0.15, 0.2) is 0 Å². The first-order chi connectivity index (χ1) is 48.2. The molecule has 0 aromatic rings. The standard InChI is InChI=1S/C64H113N3O34/c1-3-4-5-6-7-8-9-10-11-12-13-16-21-34(71)40(74)33(67-32(2)70)30-93-61-47(81)42(76)41(75)37(96-61)31-91-26-20-15-14-19-24-65-38(72)22-17-18-23-39(73)66-25-27-92-60-49(83)45(79)53(35(28-68)94-60)98-64-52(86)55(51(85)57(101-64)59(89)90)99-62-50(84)46(80)54(36(29-69)95-62)97-63-48(82)43(77)44(78)56(100-63)58(87)88/h33-37,40-57,60-64,68-69,71,74-86H,3-31H2,1-2H3,(H,65,72)(H,66,73)(H,67,70)(H,87,88)(H,89,90)/t33-,34+,35?,36?,37?,40-,41?,42?,43?,44?,45?,46?,47?,48?,49?,50?,51?,52?,53?,54?,55?,56?,57?,60?,61?,62?,63?,64?/m0/s1. The van der Waals surface area contributed by atoms with Crippen LogP contribution in [0.2, 0.25) is 0 Å². The molecule has 37 heteroatoms. The van der Waals surface area contributed by atoms with Crippen molar-refractivity contribution in [2.24, 2.45) is 0 Å². The van der Waals surface area contributed by atoms with Crippen LogP contribution in [0, 0.1) is 0 Å². The summed E-state index contributed by atoms with van der Waals surface area (Å²) in [7, 11) is 0. The summed E-state index contributed by atoms with van der Waals surface area (Å²) in [5, 5.41) is 199. The number of hydrogen-bond donors (Lipinski definition) is 21. The maximum atomic E-state index is 12.6. The molecular weight excluding hydrogens is 1350 g/mol. The highest BCUT2D eigenvalue weighted by atomic mass is 16.8. The smallest absolute Gasteiger partial charge is 0.335 e. The molecule has 0 radical (unpaired) electrons. The van der Waals surface area contributed by atoms with E-state index >= 15 is 0 Å². The fourth-order valence-electron chi connectivity index (χ4n) is 12.4. The molecular formula is C64H113N3O34. The highest BCUT2D eigenvalue weighted by Crippen LogP contribution is 2.35. The normalized spacial score (nSPS) is 35.5. The zero-order valence-corrected chi connectivity index (χ0v) is 57.3. The molecule has 5 fully saturated rings. The van der Waals surface area contributed by atoms with Crippen molar-refractivity contribution in [3.63, 3.8) is 0 Å². The molecule has 28 atom stereocenters. The Bertz CT molecular complexity index is 2380. The average molecular weight is 1470 g/mol. The molecule has 5 rings (SSSR count). The number of carbonyl (C=O) groups is 5. The van der Waals surface area contributed by atoms with Crippen molar-refractivity contribution < 1.29 is 168 Å². The number of carboxylic acids is 2. The maximum Gasteiger partial charge on any atom is 0.335 e. The average Bonchev–Trinajstić information content (AvgIpc) is 0.773. The van der Waals surface area contributed by atoms with E-state index in [1.54, 1.807) is 0 Å². The fraction of sp³-hybridized carbons (Fsp3) is 0.922. The molecule has 101 heavy (non-hydrogen) atoms. The van der Waals surface area contributed by atoms with Crippen molar-refractivity contribution in [1.82, 2.24) is 16.0 Å². The Hall–Kier alpha value is -3.73. The van der Waals surface area contributed by atoms with Gasteiger partial charge in [-0.2, -0.15) is 0 Å². The lowest BCUT2D eigenvalue weighted by Gasteiger charge is -2.48. The van der Waals surface area contributed by atoms with Crippen LogP contribution in [0.3, 0.4) is 0 Å². The van der Waals surface area contributed by atoms with Crippen LogP contribution < -0.4 is 16.0 Å². The van der Waals surface area contributed by atoms with Crippen LogP contribution in [-0.4, -0.2) is 346 Å². The summed E-state index contributed by atoms with van der Waals surface area (Å²) in [4.78, 5) is 61.0. The monoisotopic (exact) mass is 1470 g/mol. The number of aliphatic hydroxyl groups excluding tert-OH is 16. The Labute approximate surface area is 585 Å². The van der Waals surface area contributed by atoms with Gasteiger partial charge in [-0.05, 0) is 32.1 Å². The zero-order valence-electron chi connectivity index (χ0n) is 57.3. The third kappa shape index (κ3) is 27.2. The minimum atomic E-state index is -2.32. The minimum Gasteiger partial charge on any atom is -0.479 e. The highest BCUT2D eigenvalue weighted by molar-refractivity contribution is 5.77. The van der Waals surface area contributed by atoms with E-state index in [0.29, 0.717) is 45.1 Å². The summed E-state index contributed by atoms with van der Waals surface area (Å²) in [5.41, 5.74) is 0. The van der Waals surface area contributed by atoms with E-state index in [2.05, 4.69) is 22.9 Å². The van der Waals surface area contributed by atoms with Crippen molar-refractivity contribution in [1.29, 1.82) is 0 Å². The molecule has 5 aliphatic rings. The van der Waals surface area contributed by atoms with E-state index < -0.39 is 209 Å². The lowest BCUT2D eigenvalue weighted by molar-refractivity contribution is -0.385. The topological polar surface area (TPSA) is 587 Å². The van der Waals surface area contributed by atoms with E-state index in [0.717, 1.165) is 32.1 Å². The minimum absolute atomic E-state index is 0.0383. The number of amides is 3. The van der Waals surface area contributed by atoms with Gasteiger partial charge in [-0.1, -0.05) is 96.8 Å². The number of ether oxygens (including phenoxy) is 11. The maximum absolute atomic E-state index is 12.6. The number of rotatable bonds is 47. The van der Waals surface area contributed by atoms with Gasteiger partial charge in [-0.3, -0.25) is 14.4 Å². The lowest BCUT2D eigenvalue weighted by Crippen LogP contribution is -2.68. The Morgan fingerprint density at radius 2 is 0.861 bits per heavy atom. The van der Waals surface area contributed by atoms with Crippen molar-refractivity contribution in [2.45, 2.75) is 320 Å². The predicted octanol–water partition coefficient (Wildman–Crippen LogP) is -6.03. The third-order valence-electron chi connectivity index (χ3n) is 18.4. The van der Waals surface area contributed by atoms with Crippen LogP contribution in [0.5, 0.6) is 0 Å². The molecule has 3 amide bonds. The van der Waals surface area contributed by atoms with Gasteiger partial charge in [0.05, 0.1) is 45.2 Å². The van der Waals surface area contributed by atoms with Gasteiger partial charge >= 0.3 is 11.9 Å². The third-order valence-corrected chi connectivity index (χ3v) is 18.4. The summed E-state index contributed by atoms with van der Waals surface area (Å²) in [6, 6.07) is -1.07. The van der Waals surface area contributed by atoms with Crippen molar-refractivity contribution in [3.8, 4) is 0 Å². The second-order valence-corrected chi connectivity index (χ2v) is 26.4. The van der Waals surface area contributed by atoms with Gasteiger partial charge in [0.25, 0.3) is 0 Å². The van der Waals surface area contributed by atoms with E-state index in [4.69, 9.17) is 52.1 Å². The van der Waals surface area contributed by atoms with Crippen LogP contribution in [-0.2, 0) is 76.1 Å². The Morgan fingerprint density at radius 3 is 1.42 bits per heavy atom. The van der Waals surface area contributed by atoms with Gasteiger partial charge in [-0.15, -0.1) is 0 Å². The molecule has 5 aliphatic heterocycles. The summed E-state index contributed by atoms with van der Waals surface area (Å²) in [5.74, 6) is -4.75. The first kappa shape index (κ1) is 87.9. The quantitative estimate of drug-likeness (QED) is 0.0252. The van der Waals surface area contributed by atoms with Crippen LogP contribution in [0.1, 0.15) is 149 Å². The summed E-state index contributed by atoms with van der Waals surface area (Å²) >= 11 is 0. The first-order valence-corrected chi connectivity index (χ1v) is 35.2. The van der Waals surface area contributed by atoms with E-state index in [1.807, 2.05) is 0 Å². The van der Waals surface area contributed by atoms with E-state index in [1.165, 1.54) is 58.3 Å². The van der Waals surface area contributed by atoms with Crippen molar-refractivity contribution in [2.75, 3.05) is 52.7 Å². The van der Waals surface area contributed by atoms with Crippen molar-refractivity contribution in [3.05, 3.63) is 0 Å². The number of aliphatic carboxylic acids is 2. The zero-order chi connectivity index (χ0) is 74.5. The summed E-state index contributed by atoms with van der Waals surface area (Å²) < 4.78 is 60.9. The van der Waals surface area contributed by atoms with Gasteiger partial charge in [0.15, 0.2) is 43.7 Å². The molecule has 5 heterocycles.